The van der Waals surface area contributed by atoms with Crippen LogP contribution < -0.4 is 0 Å². The maximum Gasteiger partial charge on any atom is 0.226 e. The van der Waals surface area contributed by atoms with Gasteiger partial charge in [0.05, 0.1) is 0 Å². The van der Waals surface area contributed by atoms with Gasteiger partial charge >= 0.3 is 0 Å². The third kappa shape index (κ3) is 2.69. The number of hydrogen-bond donors (Lipinski definition) is 0. The predicted octanol–water partition coefficient (Wildman–Crippen LogP) is 2.83. The molecule has 1 saturated carbocycles. The number of hydrogen-bond acceptors (Lipinski definition) is 2. The molecule has 124 valence electrons. The number of carbonyl (C=O) groups excluding carboxylic acids is 1. The summed E-state index contributed by atoms with van der Waals surface area (Å²) in [5, 5.41) is 0. The second kappa shape index (κ2) is 5.94. The number of benzene rings is 1. The monoisotopic (exact) mass is 312 g/mol. The first-order valence-electron chi connectivity index (χ1n) is 9.20. The average molecular weight is 312 g/mol. The van der Waals surface area contributed by atoms with Crippen LogP contribution in [0.25, 0.3) is 0 Å². The first kappa shape index (κ1) is 15.2. The Hall–Kier alpha value is -1.35. The summed E-state index contributed by atoms with van der Waals surface area (Å²) < 4.78 is 0. The molecule has 2 unspecified atom stereocenters. The van der Waals surface area contributed by atoms with E-state index in [1.807, 2.05) is 0 Å². The van der Waals surface area contributed by atoms with E-state index in [2.05, 4.69) is 42.0 Å². The third-order valence-corrected chi connectivity index (χ3v) is 6.40. The molecule has 0 bridgehead atoms. The molecule has 1 aliphatic heterocycles. The lowest BCUT2D eigenvalue weighted by Crippen LogP contribution is -2.49. The fraction of sp³-hybridized carbons (Fsp3) is 0.650. The van der Waals surface area contributed by atoms with Crippen LogP contribution >= 0.6 is 0 Å². The number of aryl methyl sites for hydroxylation is 2. The van der Waals surface area contributed by atoms with Crippen LogP contribution in [0.15, 0.2) is 18.2 Å². The summed E-state index contributed by atoms with van der Waals surface area (Å²) >= 11 is 0. The summed E-state index contributed by atoms with van der Waals surface area (Å²) in [6.07, 6.45) is 4.65. The highest BCUT2D eigenvalue weighted by Crippen LogP contribution is 2.50. The van der Waals surface area contributed by atoms with E-state index in [-0.39, 0.29) is 5.92 Å². The van der Waals surface area contributed by atoms with Crippen molar-refractivity contribution in [1.82, 2.24) is 9.80 Å². The van der Waals surface area contributed by atoms with Crippen LogP contribution in [0, 0.1) is 18.8 Å². The fourth-order valence-corrected chi connectivity index (χ4v) is 5.06. The van der Waals surface area contributed by atoms with Crippen LogP contribution in [0.4, 0.5) is 0 Å². The third-order valence-electron chi connectivity index (χ3n) is 6.40. The van der Waals surface area contributed by atoms with Crippen molar-refractivity contribution in [3.63, 3.8) is 0 Å². The van der Waals surface area contributed by atoms with Gasteiger partial charge in [0.2, 0.25) is 5.91 Å². The number of rotatable bonds is 1. The Morgan fingerprint density at radius 1 is 1.09 bits per heavy atom. The lowest BCUT2D eigenvalue weighted by molar-refractivity contribution is -0.138. The normalized spacial score (nSPS) is 30.9. The minimum absolute atomic E-state index is 0.276. The van der Waals surface area contributed by atoms with Crippen molar-refractivity contribution >= 4 is 5.91 Å². The molecule has 1 amide bonds. The first-order chi connectivity index (χ1) is 11.1. The Balaban J connectivity index is 1.51. The summed E-state index contributed by atoms with van der Waals surface area (Å²) in [6.45, 7) is 6.06. The van der Waals surface area contributed by atoms with Crippen molar-refractivity contribution in [3.8, 4) is 0 Å². The van der Waals surface area contributed by atoms with Crippen molar-refractivity contribution in [1.29, 1.82) is 0 Å². The molecule has 3 heteroatoms. The number of amides is 1. The SMILES string of the molecule is Cc1ccc2c(c1)CCC1C2CC[C@H]1C(=O)N1CCN(C)CC1. The van der Waals surface area contributed by atoms with Gasteiger partial charge in [-0.3, -0.25) is 4.79 Å². The first-order valence-corrected chi connectivity index (χ1v) is 9.20. The van der Waals surface area contributed by atoms with Crippen molar-refractivity contribution in [2.24, 2.45) is 11.8 Å². The lowest BCUT2D eigenvalue weighted by atomic mass is 9.74. The minimum atomic E-state index is 0.276. The van der Waals surface area contributed by atoms with Gasteiger partial charge in [-0.25, -0.2) is 0 Å². The number of nitrogens with zero attached hydrogens (tertiary/aromatic N) is 2. The van der Waals surface area contributed by atoms with Crippen molar-refractivity contribution in [3.05, 3.63) is 34.9 Å². The highest BCUT2D eigenvalue weighted by molar-refractivity contribution is 5.80. The Kier molecular flexibility index (Phi) is 3.92. The summed E-state index contributed by atoms with van der Waals surface area (Å²) in [7, 11) is 2.15. The van der Waals surface area contributed by atoms with E-state index in [9.17, 15) is 4.79 Å². The molecule has 1 heterocycles. The van der Waals surface area contributed by atoms with Crippen LogP contribution in [0.3, 0.4) is 0 Å². The molecular weight excluding hydrogens is 284 g/mol. The molecule has 2 fully saturated rings. The van der Waals surface area contributed by atoms with Crippen molar-refractivity contribution in [2.75, 3.05) is 33.2 Å². The maximum absolute atomic E-state index is 13.0. The number of carbonyl (C=O) groups is 1. The van der Waals surface area contributed by atoms with E-state index in [0.29, 0.717) is 17.7 Å². The molecule has 0 aromatic heterocycles. The minimum Gasteiger partial charge on any atom is -0.340 e. The topological polar surface area (TPSA) is 23.6 Å². The molecule has 2 aliphatic carbocycles. The largest absolute Gasteiger partial charge is 0.340 e. The maximum atomic E-state index is 13.0. The summed E-state index contributed by atoms with van der Waals surface area (Å²) in [5.41, 5.74) is 4.45. The Bertz CT molecular complexity index is 604. The van der Waals surface area contributed by atoms with E-state index in [0.717, 1.165) is 39.0 Å². The van der Waals surface area contributed by atoms with E-state index < -0.39 is 0 Å². The van der Waals surface area contributed by atoms with Crippen molar-refractivity contribution in [2.45, 2.75) is 38.5 Å². The molecule has 1 aromatic carbocycles. The highest BCUT2D eigenvalue weighted by atomic mass is 16.2. The molecule has 0 N–H and O–H groups in total. The standard InChI is InChI=1S/C20H28N2O/c1-14-3-5-16-15(13-14)4-6-18-17(16)7-8-19(18)20(23)22-11-9-21(2)10-12-22/h3,5,13,17-19H,4,6-12H2,1-2H3/t17?,18?,19-/m1/s1. The van der Waals surface area contributed by atoms with Crippen LogP contribution in [0.1, 0.15) is 41.9 Å². The van der Waals surface area contributed by atoms with E-state index in [4.69, 9.17) is 0 Å². The second-order valence-corrected chi connectivity index (χ2v) is 7.82. The number of likely N-dealkylation sites (N-methyl/N-ethyl adjacent to an activating group) is 1. The average Bonchev–Trinajstić information content (AvgIpc) is 2.98. The highest BCUT2D eigenvalue weighted by Gasteiger charge is 2.44. The lowest BCUT2D eigenvalue weighted by Gasteiger charge is -2.37. The smallest absolute Gasteiger partial charge is 0.226 e. The van der Waals surface area contributed by atoms with Gasteiger partial charge in [-0.1, -0.05) is 23.8 Å². The molecular formula is C20H28N2O. The summed E-state index contributed by atoms with van der Waals surface area (Å²) in [4.78, 5) is 17.5. The molecule has 3 aliphatic rings. The van der Waals surface area contributed by atoms with Gasteiger partial charge in [-0.05, 0) is 62.6 Å². The molecule has 3 atom stereocenters. The Morgan fingerprint density at radius 2 is 1.87 bits per heavy atom. The number of fused-ring (bicyclic) bond motifs is 3. The van der Waals surface area contributed by atoms with Gasteiger partial charge in [0.1, 0.15) is 0 Å². The fourth-order valence-electron chi connectivity index (χ4n) is 5.06. The number of piperazine rings is 1. The molecule has 3 nitrogen and oxygen atoms in total. The van der Waals surface area contributed by atoms with E-state index >= 15 is 0 Å². The molecule has 4 rings (SSSR count). The van der Waals surface area contributed by atoms with Gasteiger partial charge in [0.15, 0.2) is 0 Å². The van der Waals surface area contributed by atoms with Crippen molar-refractivity contribution < 1.29 is 4.79 Å². The molecule has 23 heavy (non-hydrogen) atoms. The predicted molar refractivity (Wildman–Crippen MR) is 92.5 cm³/mol. The zero-order chi connectivity index (χ0) is 16.0. The van der Waals surface area contributed by atoms with E-state index in [1.165, 1.54) is 18.4 Å². The quantitative estimate of drug-likeness (QED) is 0.796. The molecule has 0 radical (unpaired) electrons. The molecule has 1 aromatic rings. The molecule has 1 saturated heterocycles. The zero-order valence-electron chi connectivity index (χ0n) is 14.4. The van der Waals surface area contributed by atoms with Crippen LogP contribution in [-0.4, -0.2) is 48.9 Å². The Labute approximate surface area is 139 Å². The Morgan fingerprint density at radius 3 is 2.65 bits per heavy atom. The van der Waals surface area contributed by atoms with E-state index in [1.54, 1.807) is 11.1 Å². The zero-order valence-corrected chi connectivity index (χ0v) is 14.4. The summed E-state index contributed by atoms with van der Waals surface area (Å²) in [5.74, 6) is 1.93. The van der Waals surface area contributed by atoms with Gasteiger partial charge < -0.3 is 9.80 Å². The van der Waals surface area contributed by atoms with Crippen LogP contribution in [0.5, 0.6) is 0 Å². The van der Waals surface area contributed by atoms with Gasteiger partial charge in [-0.15, -0.1) is 0 Å². The molecule has 0 spiro atoms. The van der Waals surface area contributed by atoms with Crippen LogP contribution in [-0.2, 0) is 11.2 Å². The van der Waals surface area contributed by atoms with Gasteiger partial charge in [0, 0.05) is 32.1 Å². The summed E-state index contributed by atoms with van der Waals surface area (Å²) in [6, 6.07) is 6.95. The second-order valence-electron chi connectivity index (χ2n) is 7.82. The van der Waals surface area contributed by atoms with Gasteiger partial charge in [-0.2, -0.15) is 0 Å². The van der Waals surface area contributed by atoms with Crippen LogP contribution in [0.2, 0.25) is 0 Å². The van der Waals surface area contributed by atoms with Gasteiger partial charge in [0.25, 0.3) is 0 Å².